The molecule has 0 spiro atoms. The summed E-state index contributed by atoms with van der Waals surface area (Å²) in [5, 5.41) is 5.05. The summed E-state index contributed by atoms with van der Waals surface area (Å²) >= 11 is 0. The van der Waals surface area contributed by atoms with Gasteiger partial charge in [-0.2, -0.15) is 0 Å². The molecule has 0 fully saturated rings. The molecule has 0 radical (unpaired) electrons. The maximum absolute atomic E-state index is 11.5. The van der Waals surface area contributed by atoms with Gasteiger partial charge in [-0.25, -0.2) is 0 Å². The van der Waals surface area contributed by atoms with E-state index in [1.807, 2.05) is 30.3 Å². The van der Waals surface area contributed by atoms with Crippen LogP contribution in [0.15, 0.2) is 35.1 Å². The molecule has 2 amide bonds. The molecule has 0 saturated carbocycles. The van der Waals surface area contributed by atoms with Gasteiger partial charge < -0.3 is 10.6 Å². The van der Waals surface area contributed by atoms with Crippen molar-refractivity contribution in [2.75, 3.05) is 6.54 Å². The Balaban J connectivity index is 2.67. The summed E-state index contributed by atoms with van der Waals surface area (Å²) in [4.78, 5) is 21.5. The Labute approximate surface area is 102 Å². The molecule has 1 aromatic carbocycles. The molecule has 0 aliphatic carbocycles. The Kier molecular flexibility index (Phi) is 5.89. The Morgan fingerprint density at radius 2 is 2.12 bits per heavy atom. The summed E-state index contributed by atoms with van der Waals surface area (Å²) in [6, 6.07) is 9.15. The van der Waals surface area contributed by atoms with Crippen LogP contribution in [0.4, 0.5) is 0 Å². The molecule has 2 N–H and O–H groups in total. The molecule has 2 atom stereocenters. The van der Waals surface area contributed by atoms with Gasteiger partial charge in [0.2, 0.25) is 12.3 Å². The van der Waals surface area contributed by atoms with Crippen molar-refractivity contribution in [2.24, 2.45) is 4.76 Å². The molecule has 17 heavy (non-hydrogen) atoms. The minimum absolute atomic E-state index is 0.0441. The summed E-state index contributed by atoms with van der Waals surface area (Å²) < 4.78 is 3.83. The van der Waals surface area contributed by atoms with Crippen LogP contribution in [0.3, 0.4) is 0 Å². The Bertz CT molecular complexity index is 395. The quantitative estimate of drug-likeness (QED) is 0.438. The first-order valence-corrected chi connectivity index (χ1v) is 5.54. The molecule has 0 heterocycles. The van der Waals surface area contributed by atoms with Crippen LogP contribution < -0.4 is 10.6 Å². The highest BCUT2D eigenvalue weighted by Crippen LogP contribution is 2.10. The van der Waals surface area contributed by atoms with Gasteiger partial charge in [0, 0.05) is 6.21 Å². The molecular weight excluding hydrogens is 237 g/mol. The molecule has 0 saturated heterocycles. The van der Waals surface area contributed by atoms with Crippen LogP contribution in [0, 0.1) is 0 Å². The Morgan fingerprint density at radius 3 is 2.71 bits per heavy atom. The number of nitrogens with zero attached hydrogens (tertiary/aromatic N) is 1. The van der Waals surface area contributed by atoms with E-state index in [0.29, 0.717) is 6.41 Å². The maximum atomic E-state index is 11.5. The van der Waals surface area contributed by atoms with E-state index in [9.17, 15) is 9.59 Å². The molecule has 6 heteroatoms. The second kappa shape index (κ2) is 7.52. The smallest absolute Gasteiger partial charge is 0.240 e. The number of benzene rings is 1. The highest BCUT2D eigenvalue weighted by molar-refractivity contribution is 7.14. The zero-order valence-electron chi connectivity index (χ0n) is 9.17. The van der Waals surface area contributed by atoms with E-state index in [4.69, 9.17) is 0 Å². The number of rotatable bonds is 6. The highest BCUT2D eigenvalue weighted by atomic mass is 31.0. The van der Waals surface area contributed by atoms with E-state index in [-0.39, 0.29) is 18.5 Å². The van der Waals surface area contributed by atoms with Crippen LogP contribution >= 0.6 is 9.39 Å². The molecule has 1 rings (SSSR count). The summed E-state index contributed by atoms with van der Waals surface area (Å²) in [5.41, 5.74) is 0.929. The van der Waals surface area contributed by atoms with Crippen molar-refractivity contribution in [3.63, 3.8) is 0 Å². The largest absolute Gasteiger partial charge is 0.350 e. The van der Waals surface area contributed by atoms with Crippen LogP contribution in [0.25, 0.3) is 0 Å². The number of carbonyl (C=O) groups excluding carboxylic acids is 2. The first-order chi connectivity index (χ1) is 8.27. The predicted molar refractivity (Wildman–Crippen MR) is 69.6 cm³/mol. The van der Waals surface area contributed by atoms with Crippen LogP contribution in [-0.2, 0) is 9.59 Å². The van der Waals surface area contributed by atoms with Crippen LogP contribution in [0.5, 0.6) is 0 Å². The van der Waals surface area contributed by atoms with Crippen molar-refractivity contribution in [2.45, 2.75) is 6.04 Å². The number of carbonyl (C=O) groups is 2. The van der Waals surface area contributed by atoms with Crippen LogP contribution in [0.2, 0.25) is 0 Å². The third kappa shape index (κ3) is 4.74. The molecule has 90 valence electrons. The van der Waals surface area contributed by atoms with Crippen molar-refractivity contribution < 1.29 is 9.59 Å². The lowest BCUT2D eigenvalue weighted by atomic mass is 10.1. The lowest BCUT2D eigenvalue weighted by molar-refractivity contribution is -0.122. The van der Waals surface area contributed by atoms with Crippen LogP contribution in [0.1, 0.15) is 11.6 Å². The fourth-order valence-electron chi connectivity index (χ4n) is 1.31. The maximum Gasteiger partial charge on any atom is 0.240 e. The summed E-state index contributed by atoms with van der Waals surface area (Å²) in [5.74, 6) is -0.268. The second-order valence-corrected chi connectivity index (χ2v) is 3.55. The van der Waals surface area contributed by atoms with Gasteiger partial charge in [0.1, 0.15) is 0 Å². The second-order valence-electron chi connectivity index (χ2n) is 3.25. The van der Waals surface area contributed by atoms with Gasteiger partial charge in [0.25, 0.3) is 0 Å². The van der Waals surface area contributed by atoms with Gasteiger partial charge in [0.15, 0.2) is 0 Å². The first kappa shape index (κ1) is 13.3. The zero-order valence-corrected chi connectivity index (χ0v) is 10.3. The first-order valence-electron chi connectivity index (χ1n) is 5.02. The SMILES string of the molecule is O=CNCC(=O)NC(/C=N/P)c1ccccc1. The lowest BCUT2D eigenvalue weighted by Gasteiger charge is -2.14. The van der Waals surface area contributed by atoms with E-state index in [1.165, 1.54) is 0 Å². The molecule has 2 unspecified atom stereocenters. The number of hydrogen-bond acceptors (Lipinski definition) is 3. The molecule has 0 aliphatic rings. The number of nitrogens with one attached hydrogen (secondary N) is 2. The molecular formula is C11H14N3O2P. The van der Waals surface area contributed by atoms with Crippen molar-refractivity contribution >= 4 is 27.9 Å². The summed E-state index contributed by atoms with van der Waals surface area (Å²) in [6.07, 6.45) is 2.10. The van der Waals surface area contributed by atoms with Gasteiger partial charge in [-0.05, 0) is 15.0 Å². The molecule has 0 bridgehead atoms. The molecule has 1 aromatic rings. The lowest BCUT2D eigenvalue weighted by Crippen LogP contribution is -2.36. The third-order valence-electron chi connectivity index (χ3n) is 2.06. The van der Waals surface area contributed by atoms with E-state index in [0.717, 1.165) is 5.56 Å². The normalized spacial score (nSPS) is 12.1. The van der Waals surface area contributed by atoms with Gasteiger partial charge in [0.05, 0.1) is 12.6 Å². The summed E-state index contributed by atoms with van der Waals surface area (Å²) in [6.45, 7) is -0.0441. The minimum Gasteiger partial charge on any atom is -0.350 e. The Morgan fingerprint density at radius 1 is 1.41 bits per heavy atom. The van der Waals surface area contributed by atoms with Gasteiger partial charge >= 0.3 is 0 Å². The van der Waals surface area contributed by atoms with Crippen molar-refractivity contribution in [1.82, 2.24) is 10.6 Å². The van der Waals surface area contributed by atoms with E-state index in [2.05, 4.69) is 24.8 Å². The van der Waals surface area contributed by atoms with Gasteiger partial charge in [-0.1, -0.05) is 30.3 Å². The van der Waals surface area contributed by atoms with E-state index < -0.39 is 0 Å². The molecule has 0 aromatic heterocycles. The average Bonchev–Trinajstić information content (AvgIpc) is 2.37. The van der Waals surface area contributed by atoms with Crippen LogP contribution in [-0.4, -0.2) is 25.1 Å². The number of hydrogen-bond donors (Lipinski definition) is 2. The Hall–Kier alpha value is -1.74. The minimum atomic E-state index is -0.297. The van der Waals surface area contributed by atoms with E-state index in [1.54, 1.807) is 6.21 Å². The number of amides is 2. The molecule has 5 nitrogen and oxygen atoms in total. The highest BCUT2D eigenvalue weighted by Gasteiger charge is 2.11. The third-order valence-corrected chi connectivity index (χ3v) is 2.23. The zero-order chi connectivity index (χ0) is 12.5. The monoisotopic (exact) mass is 251 g/mol. The van der Waals surface area contributed by atoms with Gasteiger partial charge in [-0.15, -0.1) is 0 Å². The average molecular weight is 251 g/mol. The van der Waals surface area contributed by atoms with Crippen molar-refractivity contribution in [3.05, 3.63) is 35.9 Å². The van der Waals surface area contributed by atoms with E-state index >= 15 is 0 Å². The molecule has 0 aliphatic heterocycles. The topological polar surface area (TPSA) is 70.6 Å². The van der Waals surface area contributed by atoms with Crippen molar-refractivity contribution in [3.8, 4) is 0 Å². The predicted octanol–water partition coefficient (Wildman–Crippen LogP) is 0.451. The van der Waals surface area contributed by atoms with Gasteiger partial charge in [-0.3, -0.25) is 14.4 Å². The fourth-order valence-corrected chi connectivity index (χ4v) is 1.48. The standard InChI is InChI=1S/C11H14N3O2P/c15-8-12-7-11(16)14-10(6-13-17)9-4-2-1-3-5-9/h1-6,8,10H,7,17H2,(H,12,15)(H,14,16)/b13-6+. The van der Waals surface area contributed by atoms with Crippen molar-refractivity contribution in [1.29, 1.82) is 0 Å². The summed E-state index contributed by atoms with van der Waals surface area (Å²) in [7, 11) is 2.22. The fraction of sp³-hybridized carbons (Fsp3) is 0.182.